The number of nitrogens with zero attached hydrogens (tertiary/aromatic N) is 1. The SMILES string of the molecule is Cc1cc(S(=O)(=O)N(C)C(C)(C)CO)ccc1N. The van der Waals surface area contributed by atoms with E-state index in [1.165, 1.54) is 23.5 Å². The van der Waals surface area contributed by atoms with E-state index < -0.39 is 15.6 Å². The minimum absolute atomic E-state index is 0.179. The number of sulfonamides is 1. The molecule has 0 heterocycles. The quantitative estimate of drug-likeness (QED) is 0.800. The molecule has 3 N–H and O–H groups in total. The zero-order valence-corrected chi connectivity index (χ0v) is 12.0. The van der Waals surface area contributed by atoms with Crippen LogP contribution in [0.5, 0.6) is 0 Å². The van der Waals surface area contributed by atoms with E-state index >= 15 is 0 Å². The summed E-state index contributed by atoms with van der Waals surface area (Å²) in [7, 11) is -2.17. The molecule has 6 heteroatoms. The van der Waals surface area contributed by atoms with Gasteiger partial charge in [0.25, 0.3) is 0 Å². The molecule has 0 bridgehead atoms. The second kappa shape index (κ2) is 4.87. The first-order chi connectivity index (χ1) is 8.13. The zero-order chi connectivity index (χ0) is 14.1. The Hall–Kier alpha value is -1.11. The molecule has 5 nitrogen and oxygen atoms in total. The molecule has 0 aliphatic rings. The number of anilines is 1. The summed E-state index contributed by atoms with van der Waals surface area (Å²) in [4.78, 5) is 0.179. The predicted molar refractivity (Wildman–Crippen MR) is 71.7 cm³/mol. The normalized spacial score (nSPS) is 13.0. The van der Waals surface area contributed by atoms with Gasteiger partial charge in [0.05, 0.1) is 17.0 Å². The van der Waals surface area contributed by atoms with Crippen LogP contribution in [0.2, 0.25) is 0 Å². The van der Waals surface area contributed by atoms with Crippen molar-refractivity contribution in [2.45, 2.75) is 31.2 Å². The summed E-state index contributed by atoms with van der Waals surface area (Å²) in [6.45, 7) is 4.83. The van der Waals surface area contributed by atoms with Crippen LogP contribution in [0.15, 0.2) is 23.1 Å². The Balaban J connectivity index is 3.26. The standard InChI is InChI=1S/C12H20N2O3S/c1-9-7-10(5-6-11(9)13)18(16,17)14(4)12(2,3)8-15/h5-7,15H,8,13H2,1-4H3. The lowest BCUT2D eigenvalue weighted by Gasteiger charge is -2.32. The molecule has 1 aromatic carbocycles. The van der Waals surface area contributed by atoms with Crippen LogP contribution in [0.4, 0.5) is 5.69 Å². The van der Waals surface area contributed by atoms with Gasteiger partial charge in [0.15, 0.2) is 0 Å². The number of aliphatic hydroxyl groups excluding tert-OH is 1. The van der Waals surface area contributed by atoms with Crippen LogP contribution >= 0.6 is 0 Å². The molecule has 0 amide bonds. The van der Waals surface area contributed by atoms with E-state index in [0.717, 1.165) is 0 Å². The van der Waals surface area contributed by atoms with Crippen molar-refractivity contribution in [3.63, 3.8) is 0 Å². The topological polar surface area (TPSA) is 83.6 Å². The van der Waals surface area contributed by atoms with Crippen molar-refractivity contribution in [1.82, 2.24) is 4.31 Å². The Bertz CT molecular complexity index is 538. The molecular weight excluding hydrogens is 252 g/mol. The molecule has 0 aromatic heterocycles. The second-order valence-electron chi connectivity index (χ2n) is 4.96. The van der Waals surface area contributed by atoms with Crippen LogP contribution in [-0.2, 0) is 10.0 Å². The number of nitrogens with two attached hydrogens (primary N) is 1. The van der Waals surface area contributed by atoms with Crippen molar-refractivity contribution >= 4 is 15.7 Å². The Kier molecular flexibility index (Phi) is 4.05. The number of hydrogen-bond donors (Lipinski definition) is 2. The van der Waals surface area contributed by atoms with Gasteiger partial charge < -0.3 is 10.8 Å². The van der Waals surface area contributed by atoms with Crippen LogP contribution in [0.3, 0.4) is 0 Å². The Labute approximate surface area is 108 Å². The maximum Gasteiger partial charge on any atom is 0.243 e. The van der Waals surface area contributed by atoms with Crippen molar-refractivity contribution < 1.29 is 13.5 Å². The fourth-order valence-electron chi connectivity index (χ4n) is 1.39. The second-order valence-corrected chi connectivity index (χ2v) is 6.93. The van der Waals surface area contributed by atoms with E-state index in [0.29, 0.717) is 11.3 Å². The Morgan fingerprint density at radius 2 is 1.94 bits per heavy atom. The first-order valence-electron chi connectivity index (χ1n) is 5.59. The molecule has 1 aromatic rings. The highest BCUT2D eigenvalue weighted by Crippen LogP contribution is 2.24. The van der Waals surface area contributed by atoms with E-state index in [9.17, 15) is 13.5 Å². The highest BCUT2D eigenvalue weighted by atomic mass is 32.2. The van der Waals surface area contributed by atoms with E-state index in [2.05, 4.69) is 0 Å². The van der Waals surface area contributed by atoms with Crippen molar-refractivity contribution in [2.75, 3.05) is 19.4 Å². The van der Waals surface area contributed by atoms with Gasteiger partial charge >= 0.3 is 0 Å². The third kappa shape index (κ3) is 2.66. The Morgan fingerprint density at radius 3 is 2.39 bits per heavy atom. The van der Waals surface area contributed by atoms with Gasteiger partial charge in [0, 0.05) is 12.7 Å². The summed E-state index contributed by atoms with van der Waals surface area (Å²) in [6, 6.07) is 4.58. The predicted octanol–water partition coefficient (Wildman–Crippen LogP) is 0.969. The summed E-state index contributed by atoms with van der Waals surface area (Å²) in [5, 5.41) is 9.25. The molecule has 0 aliphatic carbocycles. The van der Waals surface area contributed by atoms with Gasteiger partial charge in [0.1, 0.15) is 0 Å². The van der Waals surface area contributed by atoms with Crippen LogP contribution in [0.1, 0.15) is 19.4 Å². The number of rotatable bonds is 4. The molecule has 0 saturated carbocycles. The van der Waals surface area contributed by atoms with Gasteiger partial charge in [-0.05, 0) is 44.5 Å². The summed E-state index contributed by atoms with van der Waals surface area (Å²) in [5.41, 5.74) is 6.09. The average Bonchev–Trinajstić information content (AvgIpc) is 2.31. The smallest absolute Gasteiger partial charge is 0.243 e. The van der Waals surface area contributed by atoms with E-state index in [-0.39, 0.29) is 11.5 Å². The fourth-order valence-corrected chi connectivity index (χ4v) is 2.98. The lowest BCUT2D eigenvalue weighted by Crippen LogP contribution is -2.47. The van der Waals surface area contributed by atoms with Gasteiger partial charge in [-0.3, -0.25) is 0 Å². The lowest BCUT2D eigenvalue weighted by atomic mass is 10.1. The highest BCUT2D eigenvalue weighted by molar-refractivity contribution is 7.89. The van der Waals surface area contributed by atoms with Gasteiger partial charge in [-0.15, -0.1) is 0 Å². The summed E-state index contributed by atoms with van der Waals surface area (Å²) in [5.74, 6) is 0. The number of aliphatic hydroxyl groups is 1. The maximum absolute atomic E-state index is 12.4. The molecule has 0 spiro atoms. The van der Waals surface area contributed by atoms with E-state index in [1.54, 1.807) is 26.8 Å². The molecule has 0 radical (unpaired) electrons. The minimum Gasteiger partial charge on any atom is -0.399 e. The zero-order valence-electron chi connectivity index (χ0n) is 11.1. The van der Waals surface area contributed by atoms with Gasteiger partial charge in [-0.1, -0.05) is 0 Å². The number of aryl methyl sites for hydroxylation is 1. The Morgan fingerprint density at radius 1 is 1.39 bits per heavy atom. The summed E-state index contributed by atoms with van der Waals surface area (Å²) < 4.78 is 25.9. The molecule has 0 aliphatic heterocycles. The van der Waals surface area contributed by atoms with Gasteiger partial charge in [-0.25, -0.2) is 8.42 Å². The number of hydrogen-bond acceptors (Lipinski definition) is 4. The largest absolute Gasteiger partial charge is 0.399 e. The van der Waals surface area contributed by atoms with Gasteiger partial charge in [-0.2, -0.15) is 4.31 Å². The molecule has 1 rings (SSSR count). The summed E-state index contributed by atoms with van der Waals surface area (Å²) in [6.07, 6.45) is 0. The van der Waals surface area contributed by atoms with Crippen LogP contribution in [-0.4, -0.2) is 37.0 Å². The van der Waals surface area contributed by atoms with Crippen LogP contribution in [0.25, 0.3) is 0 Å². The van der Waals surface area contributed by atoms with E-state index in [4.69, 9.17) is 5.73 Å². The third-order valence-electron chi connectivity index (χ3n) is 3.14. The molecule has 0 unspecified atom stereocenters. The van der Waals surface area contributed by atoms with Crippen molar-refractivity contribution in [2.24, 2.45) is 0 Å². The molecule has 0 fully saturated rings. The van der Waals surface area contributed by atoms with Gasteiger partial charge in [0.2, 0.25) is 10.0 Å². The molecular formula is C12H20N2O3S. The molecule has 0 saturated heterocycles. The van der Waals surface area contributed by atoms with Crippen LogP contribution < -0.4 is 5.73 Å². The van der Waals surface area contributed by atoms with E-state index in [1.807, 2.05) is 0 Å². The first kappa shape index (κ1) is 14.9. The molecule has 102 valence electrons. The maximum atomic E-state index is 12.4. The molecule has 18 heavy (non-hydrogen) atoms. The lowest BCUT2D eigenvalue weighted by molar-refractivity contribution is 0.138. The monoisotopic (exact) mass is 272 g/mol. The highest BCUT2D eigenvalue weighted by Gasteiger charge is 2.33. The summed E-state index contributed by atoms with van der Waals surface area (Å²) >= 11 is 0. The molecule has 0 atom stereocenters. The average molecular weight is 272 g/mol. The van der Waals surface area contributed by atoms with Crippen molar-refractivity contribution in [3.8, 4) is 0 Å². The fraction of sp³-hybridized carbons (Fsp3) is 0.500. The third-order valence-corrected chi connectivity index (χ3v) is 5.20. The van der Waals surface area contributed by atoms with Crippen molar-refractivity contribution in [1.29, 1.82) is 0 Å². The minimum atomic E-state index is -3.63. The van der Waals surface area contributed by atoms with Crippen molar-refractivity contribution in [3.05, 3.63) is 23.8 Å². The first-order valence-corrected chi connectivity index (χ1v) is 7.03. The number of nitrogen functional groups attached to an aromatic ring is 1. The van der Waals surface area contributed by atoms with Crippen LogP contribution in [0, 0.1) is 6.92 Å². The number of likely N-dealkylation sites (N-methyl/N-ethyl adjacent to an activating group) is 1. The number of benzene rings is 1.